The second-order valence-corrected chi connectivity index (χ2v) is 3.60. The first-order valence-electron chi connectivity index (χ1n) is 5.42. The van der Waals surface area contributed by atoms with E-state index in [-0.39, 0.29) is 76.5 Å². The predicted octanol–water partition coefficient (Wildman–Crippen LogP) is 0.912. The predicted molar refractivity (Wildman–Crippen MR) is 65.7 cm³/mol. The molecule has 22 heavy (non-hydrogen) atoms. The number of rotatable bonds is 2. The molecule has 0 amide bonds. The largest absolute Gasteiger partial charge is 0.872 e. The zero-order chi connectivity index (χ0) is 15.1. The zero-order valence-electron chi connectivity index (χ0n) is 11.3. The third kappa shape index (κ3) is 7.45. The Balaban J connectivity index is 0. The minimum Gasteiger partial charge on any atom is -0.872 e. The average molecular weight is 452 g/mol. The maximum absolute atomic E-state index is 10.7. The van der Waals surface area contributed by atoms with Crippen LogP contribution in [0.15, 0.2) is 48.5 Å². The molecule has 0 aliphatic carbocycles. The summed E-state index contributed by atoms with van der Waals surface area (Å²) in [6.07, 6.45) is 0. The number of benzene rings is 2. The number of carboxylic acid groups (broad SMARTS) is 2. The van der Waals surface area contributed by atoms with Gasteiger partial charge in [0.2, 0.25) is 0 Å². The fourth-order valence-electron chi connectivity index (χ4n) is 1.29. The average Bonchev–Trinajstić information content (AvgIpc) is 2.40. The van der Waals surface area contributed by atoms with Crippen molar-refractivity contribution in [2.24, 2.45) is 0 Å². The molecule has 2 rings (SSSR count). The maximum Gasteiger partial charge on any atom is 0.335 e. The van der Waals surface area contributed by atoms with E-state index < -0.39 is 23.4 Å². The van der Waals surface area contributed by atoms with Crippen molar-refractivity contribution >= 4 is 11.9 Å². The molecule has 8 heteroatoms. The summed E-state index contributed by atoms with van der Waals surface area (Å²) in [4.78, 5) is 20.4. The van der Waals surface area contributed by atoms with E-state index in [2.05, 4.69) is 0 Å². The van der Waals surface area contributed by atoms with E-state index >= 15 is 0 Å². The van der Waals surface area contributed by atoms with Crippen LogP contribution in [-0.4, -0.2) is 22.2 Å². The number of para-hydroxylation sites is 2. The van der Waals surface area contributed by atoms with Gasteiger partial charge in [-0.05, 0) is 12.1 Å². The molecule has 6 nitrogen and oxygen atoms in total. The van der Waals surface area contributed by atoms with Crippen LogP contribution in [0.1, 0.15) is 20.7 Å². The number of aromatic carboxylic acids is 2. The molecule has 2 N–H and O–H groups in total. The Kier molecular flexibility index (Phi) is 12.5. The fraction of sp³-hybridized carbons (Fsp3) is 0. The third-order valence-corrected chi connectivity index (χ3v) is 2.23. The molecule has 0 unspecified atom stereocenters. The van der Waals surface area contributed by atoms with Gasteiger partial charge in [-0.2, -0.15) is 0 Å². The second kappa shape index (κ2) is 11.7. The Labute approximate surface area is 176 Å². The summed E-state index contributed by atoms with van der Waals surface area (Å²) >= 11 is 0. The quantitative estimate of drug-likeness (QED) is 0.700. The monoisotopic (exact) mass is 452 g/mol. The number of carboxylic acids is 2. The molecule has 0 spiro atoms. The van der Waals surface area contributed by atoms with Crippen LogP contribution in [0, 0.1) is 0 Å². The van der Waals surface area contributed by atoms with Gasteiger partial charge in [-0.1, -0.05) is 47.9 Å². The van der Waals surface area contributed by atoms with Crippen LogP contribution in [0.2, 0.25) is 0 Å². The molecule has 0 aliphatic rings. The molecule has 0 bridgehead atoms. The third-order valence-electron chi connectivity index (χ3n) is 2.23. The van der Waals surface area contributed by atoms with Crippen molar-refractivity contribution < 1.29 is 95.4 Å². The number of hydrogen-bond donors (Lipinski definition) is 2. The molecule has 0 aromatic heterocycles. The number of hydrogen-bond acceptors (Lipinski definition) is 4. The molecule has 2 radical (unpaired) electrons. The van der Waals surface area contributed by atoms with Crippen molar-refractivity contribution in [3.63, 3.8) is 0 Å². The summed E-state index contributed by atoms with van der Waals surface area (Å²) < 4.78 is 0. The summed E-state index contributed by atoms with van der Waals surface area (Å²) in [6.45, 7) is 0. The van der Waals surface area contributed by atoms with Gasteiger partial charge in [-0.3, -0.25) is 0 Å². The van der Waals surface area contributed by atoms with E-state index in [1.807, 2.05) is 0 Å². The minimum absolute atomic E-state index is 0. The molecule has 0 atom stereocenters. The van der Waals surface area contributed by atoms with Gasteiger partial charge in [0.15, 0.2) is 0 Å². The first kappa shape index (κ1) is 23.5. The molecular formula is C14H10O6Y2-2. The molecule has 110 valence electrons. The van der Waals surface area contributed by atoms with E-state index in [9.17, 15) is 19.8 Å². The van der Waals surface area contributed by atoms with Crippen LogP contribution in [-0.2, 0) is 65.4 Å². The van der Waals surface area contributed by atoms with Crippen LogP contribution in [0.5, 0.6) is 11.5 Å². The minimum atomic E-state index is -1.18. The van der Waals surface area contributed by atoms with Gasteiger partial charge < -0.3 is 20.4 Å². The molecule has 0 saturated heterocycles. The normalized spacial score (nSPS) is 8.36. The van der Waals surface area contributed by atoms with E-state index in [4.69, 9.17) is 10.2 Å². The standard InChI is InChI=1S/2C7H6O3.2Y/c2*8-6-4-2-1-3-5(6)7(9)10;;/h2*1-4,8H,(H,9,10);;/p-2. The van der Waals surface area contributed by atoms with Gasteiger partial charge in [0, 0.05) is 65.4 Å². The Bertz CT molecular complexity index is 575. The summed E-state index contributed by atoms with van der Waals surface area (Å²) in [5.74, 6) is -3.25. The topological polar surface area (TPSA) is 121 Å². The molecule has 0 aliphatic heterocycles. The van der Waals surface area contributed by atoms with Crippen molar-refractivity contribution in [1.82, 2.24) is 0 Å². The maximum atomic E-state index is 10.7. The van der Waals surface area contributed by atoms with Crippen molar-refractivity contribution in [1.29, 1.82) is 0 Å². The second-order valence-electron chi connectivity index (χ2n) is 3.60. The Morgan fingerprint density at radius 2 is 0.955 bits per heavy atom. The Morgan fingerprint density at radius 3 is 1.14 bits per heavy atom. The van der Waals surface area contributed by atoms with Crippen LogP contribution in [0.25, 0.3) is 0 Å². The van der Waals surface area contributed by atoms with Gasteiger partial charge in [-0.25, -0.2) is 9.59 Å². The van der Waals surface area contributed by atoms with Gasteiger partial charge in [0.1, 0.15) is 0 Å². The van der Waals surface area contributed by atoms with Crippen LogP contribution < -0.4 is 10.2 Å². The smallest absolute Gasteiger partial charge is 0.335 e. The van der Waals surface area contributed by atoms with E-state index in [0.717, 1.165) is 0 Å². The number of carbonyl (C=O) groups is 2. The zero-order valence-corrected chi connectivity index (χ0v) is 17.0. The van der Waals surface area contributed by atoms with E-state index in [0.29, 0.717) is 0 Å². The van der Waals surface area contributed by atoms with Crippen molar-refractivity contribution in [3.8, 4) is 11.5 Å². The Morgan fingerprint density at radius 1 is 0.682 bits per heavy atom. The first-order chi connectivity index (χ1) is 9.43. The summed E-state index contributed by atoms with van der Waals surface area (Å²) in [5, 5.41) is 38.1. The van der Waals surface area contributed by atoms with Gasteiger partial charge >= 0.3 is 11.9 Å². The van der Waals surface area contributed by atoms with Crippen molar-refractivity contribution in [3.05, 3.63) is 59.7 Å². The summed E-state index contributed by atoms with van der Waals surface area (Å²) in [6, 6.07) is 11.1. The molecule has 0 fully saturated rings. The molecule has 0 heterocycles. The first-order valence-corrected chi connectivity index (χ1v) is 5.42. The van der Waals surface area contributed by atoms with E-state index in [1.165, 1.54) is 48.5 Å². The van der Waals surface area contributed by atoms with Gasteiger partial charge in [0.05, 0.1) is 11.1 Å². The Hall–Kier alpha value is -0.812. The van der Waals surface area contributed by atoms with E-state index in [1.54, 1.807) is 0 Å². The SMILES string of the molecule is O=C(O)c1ccccc1[O-].O=C(O)c1ccccc1[O-].[Y].[Y]. The van der Waals surface area contributed by atoms with Crippen LogP contribution >= 0.6 is 0 Å². The van der Waals surface area contributed by atoms with Gasteiger partial charge in [-0.15, -0.1) is 0 Å². The molecule has 0 saturated carbocycles. The van der Waals surface area contributed by atoms with Crippen molar-refractivity contribution in [2.75, 3.05) is 0 Å². The fourth-order valence-corrected chi connectivity index (χ4v) is 1.29. The molecule has 2 aromatic rings. The van der Waals surface area contributed by atoms with Crippen molar-refractivity contribution in [2.45, 2.75) is 0 Å². The van der Waals surface area contributed by atoms with Crippen LogP contribution in [0.4, 0.5) is 0 Å². The molecular weight excluding hydrogens is 442 g/mol. The summed E-state index contributed by atoms with van der Waals surface area (Å²) in [5.41, 5.74) is -0.356. The molecule has 2 aromatic carbocycles. The van der Waals surface area contributed by atoms with Crippen LogP contribution in [0.3, 0.4) is 0 Å². The van der Waals surface area contributed by atoms with Gasteiger partial charge in [0.25, 0.3) is 0 Å². The summed E-state index contributed by atoms with van der Waals surface area (Å²) in [7, 11) is 0.